The van der Waals surface area contributed by atoms with Crippen molar-refractivity contribution >= 4 is 0 Å². The maximum atomic E-state index is 4.81. The van der Waals surface area contributed by atoms with Crippen LogP contribution < -0.4 is 5.32 Å². The average molecular weight is 278 g/mol. The molecule has 1 aliphatic carbocycles. The lowest BCUT2D eigenvalue weighted by molar-refractivity contribution is 0.326. The van der Waals surface area contributed by atoms with Crippen molar-refractivity contribution in [1.82, 2.24) is 20.0 Å². The van der Waals surface area contributed by atoms with E-state index in [0.717, 1.165) is 13.0 Å². The molecule has 4 nitrogen and oxygen atoms in total. The zero-order chi connectivity index (χ0) is 14.4. The fourth-order valence-corrected chi connectivity index (χ4v) is 3.05. The molecule has 0 saturated heterocycles. The zero-order valence-corrected chi connectivity index (χ0v) is 13.3. The van der Waals surface area contributed by atoms with Crippen LogP contribution in [0.25, 0.3) is 0 Å². The third-order valence-corrected chi connectivity index (χ3v) is 4.40. The van der Waals surface area contributed by atoms with Gasteiger partial charge >= 0.3 is 0 Å². The smallest absolute Gasteiger partial charge is 0.0640 e. The van der Waals surface area contributed by atoms with Crippen molar-refractivity contribution < 1.29 is 0 Å². The average Bonchev–Trinajstić information content (AvgIpc) is 2.92. The van der Waals surface area contributed by atoms with Gasteiger partial charge < -0.3 is 10.2 Å². The van der Waals surface area contributed by atoms with Crippen molar-refractivity contribution in [2.75, 3.05) is 27.7 Å². The molecule has 0 radical (unpaired) electrons. The monoisotopic (exact) mass is 278 g/mol. The quantitative estimate of drug-likeness (QED) is 0.832. The van der Waals surface area contributed by atoms with Crippen molar-refractivity contribution in [2.45, 2.75) is 57.0 Å². The van der Waals surface area contributed by atoms with Crippen LogP contribution in [0.2, 0.25) is 0 Å². The number of likely N-dealkylation sites (N-methyl/N-ethyl adjacent to an activating group) is 1. The van der Waals surface area contributed by atoms with E-state index < -0.39 is 0 Å². The molecule has 1 atom stereocenters. The summed E-state index contributed by atoms with van der Waals surface area (Å²) in [5.74, 6) is 0. The van der Waals surface area contributed by atoms with Crippen molar-refractivity contribution in [3.8, 4) is 0 Å². The lowest BCUT2D eigenvalue weighted by atomic mass is 9.96. The van der Waals surface area contributed by atoms with Crippen LogP contribution in [-0.4, -0.2) is 48.4 Å². The van der Waals surface area contributed by atoms with Gasteiger partial charge in [-0.3, -0.25) is 4.68 Å². The van der Waals surface area contributed by atoms with E-state index in [1.807, 2.05) is 0 Å². The molecule has 0 aliphatic heterocycles. The minimum Gasteiger partial charge on any atom is -0.317 e. The van der Waals surface area contributed by atoms with E-state index >= 15 is 0 Å². The van der Waals surface area contributed by atoms with Gasteiger partial charge in [0.2, 0.25) is 0 Å². The minimum absolute atomic E-state index is 0.520. The van der Waals surface area contributed by atoms with E-state index in [-0.39, 0.29) is 0 Å². The van der Waals surface area contributed by atoms with Gasteiger partial charge in [-0.2, -0.15) is 5.10 Å². The summed E-state index contributed by atoms with van der Waals surface area (Å²) in [6, 6.07) is 3.37. The maximum absolute atomic E-state index is 4.81. The van der Waals surface area contributed by atoms with Crippen LogP contribution in [0.15, 0.2) is 12.3 Å². The summed E-state index contributed by atoms with van der Waals surface area (Å²) in [5, 5.41) is 8.23. The number of nitrogens with one attached hydrogen (secondary N) is 1. The number of hydrogen-bond acceptors (Lipinski definition) is 3. The van der Waals surface area contributed by atoms with E-state index in [0.29, 0.717) is 12.1 Å². The van der Waals surface area contributed by atoms with Gasteiger partial charge in [0.1, 0.15) is 0 Å². The van der Waals surface area contributed by atoms with Gasteiger partial charge in [-0.25, -0.2) is 0 Å². The highest BCUT2D eigenvalue weighted by molar-refractivity contribution is 5.02. The SMILES string of the molecule is CNC(CCN(C)C)Cc1ccn(C2CCCCC2)n1. The molecule has 1 fully saturated rings. The fraction of sp³-hybridized carbons (Fsp3) is 0.812. The molecule has 0 spiro atoms. The Hall–Kier alpha value is -0.870. The molecule has 0 bridgehead atoms. The summed E-state index contributed by atoms with van der Waals surface area (Å²) in [6.45, 7) is 1.12. The Morgan fingerprint density at radius 1 is 1.35 bits per heavy atom. The Morgan fingerprint density at radius 3 is 2.75 bits per heavy atom. The molecule has 20 heavy (non-hydrogen) atoms. The van der Waals surface area contributed by atoms with E-state index in [1.54, 1.807) is 0 Å². The fourth-order valence-electron chi connectivity index (χ4n) is 3.05. The minimum atomic E-state index is 0.520. The Balaban J connectivity index is 1.87. The van der Waals surface area contributed by atoms with Crippen LogP contribution in [0.4, 0.5) is 0 Å². The van der Waals surface area contributed by atoms with E-state index in [4.69, 9.17) is 5.10 Å². The van der Waals surface area contributed by atoms with E-state index in [2.05, 4.69) is 48.3 Å². The lowest BCUT2D eigenvalue weighted by Gasteiger charge is -2.22. The number of rotatable bonds is 7. The van der Waals surface area contributed by atoms with Crippen LogP contribution >= 0.6 is 0 Å². The second-order valence-corrected chi connectivity index (χ2v) is 6.36. The maximum Gasteiger partial charge on any atom is 0.0640 e. The summed E-state index contributed by atoms with van der Waals surface area (Å²) in [6.07, 6.45) is 11.1. The number of aromatic nitrogens is 2. The molecule has 1 aliphatic rings. The topological polar surface area (TPSA) is 33.1 Å². The molecule has 1 unspecified atom stereocenters. The van der Waals surface area contributed by atoms with Gasteiger partial charge in [0.15, 0.2) is 0 Å². The first-order valence-corrected chi connectivity index (χ1v) is 8.05. The van der Waals surface area contributed by atoms with Crippen molar-refractivity contribution in [1.29, 1.82) is 0 Å². The highest BCUT2D eigenvalue weighted by Crippen LogP contribution is 2.27. The largest absolute Gasteiger partial charge is 0.317 e. The van der Waals surface area contributed by atoms with Gasteiger partial charge in [0, 0.05) is 18.7 Å². The van der Waals surface area contributed by atoms with Gasteiger partial charge in [-0.1, -0.05) is 19.3 Å². The Bertz CT molecular complexity index is 380. The van der Waals surface area contributed by atoms with Crippen LogP contribution in [0, 0.1) is 0 Å². The van der Waals surface area contributed by atoms with Crippen LogP contribution in [0.3, 0.4) is 0 Å². The highest BCUT2D eigenvalue weighted by Gasteiger charge is 2.17. The Morgan fingerprint density at radius 2 is 2.10 bits per heavy atom. The van der Waals surface area contributed by atoms with Crippen LogP contribution in [0.5, 0.6) is 0 Å². The molecule has 4 heteroatoms. The second-order valence-electron chi connectivity index (χ2n) is 6.36. The van der Waals surface area contributed by atoms with Gasteiger partial charge in [0.05, 0.1) is 11.7 Å². The molecule has 114 valence electrons. The van der Waals surface area contributed by atoms with Crippen molar-refractivity contribution in [3.05, 3.63) is 18.0 Å². The van der Waals surface area contributed by atoms with Crippen LogP contribution in [0.1, 0.15) is 50.3 Å². The molecule has 0 aromatic carbocycles. The van der Waals surface area contributed by atoms with Gasteiger partial charge in [-0.15, -0.1) is 0 Å². The first-order chi connectivity index (χ1) is 9.69. The van der Waals surface area contributed by atoms with Crippen LogP contribution in [-0.2, 0) is 6.42 Å². The zero-order valence-electron chi connectivity index (χ0n) is 13.3. The van der Waals surface area contributed by atoms with Gasteiger partial charge in [0.25, 0.3) is 0 Å². The molecule has 2 rings (SSSR count). The first-order valence-electron chi connectivity index (χ1n) is 8.05. The molecule has 1 aromatic rings. The third kappa shape index (κ3) is 4.60. The molecule has 1 heterocycles. The number of nitrogens with zero attached hydrogens (tertiary/aromatic N) is 3. The Kier molecular flexibility index (Phi) is 6.05. The van der Waals surface area contributed by atoms with Crippen molar-refractivity contribution in [3.63, 3.8) is 0 Å². The summed E-state index contributed by atoms with van der Waals surface area (Å²) in [5.41, 5.74) is 1.23. The standard InChI is InChI=1S/C16H30N4/c1-17-14(9-11-19(2)3)13-15-10-12-20(18-15)16-7-5-4-6-8-16/h10,12,14,16-17H,4-9,11,13H2,1-3H3. The summed E-state index contributed by atoms with van der Waals surface area (Å²) < 4.78 is 2.22. The summed E-state index contributed by atoms with van der Waals surface area (Å²) in [7, 11) is 6.31. The molecule has 1 saturated carbocycles. The van der Waals surface area contributed by atoms with E-state index in [9.17, 15) is 0 Å². The molecule has 1 aromatic heterocycles. The highest BCUT2D eigenvalue weighted by atomic mass is 15.3. The van der Waals surface area contributed by atoms with Gasteiger partial charge in [-0.05, 0) is 53.0 Å². The van der Waals surface area contributed by atoms with Crippen molar-refractivity contribution in [2.24, 2.45) is 0 Å². The summed E-state index contributed by atoms with van der Waals surface area (Å²) >= 11 is 0. The molecule has 0 amide bonds. The summed E-state index contributed by atoms with van der Waals surface area (Å²) in [4.78, 5) is 2.24. The predicted molar refractivity (Wildman–Crippen MR) is 84.1 cm³/mol. The third-order valence-electron chi connectivity index (χ3n) is 4.40. The number of hydrogen-bond donors (Lipinski definition) is 1. The Labute approximate surface area is 123 Å². The second kappa shape index (κ2) is 7.79. The predicted octanol–water partition coefficient (Wildman–Crippen LogP) is 2.47. The van der Waals surface area contributed by atoms with E-state index in [1.165, 1.54) is 44.2 Å². The molecular formula is C16H30N4. The lowest BCUT2D eigenvalue weighted by Crippen LogP contribution is -2.31. The molecule has 1 N–H and O–H groups in total. The normalized spacial score (nSPS) is 18.6. The molecular weight excluding hydrogens is 248 g/mol. The first kappa shape index (κ1) is 15.5.